The first-order valence-corrected chi connectivity index (χ1v) is 9.74. The Hall–Kier alpha value is -2.62. The van der Waals surface area contributed by atoms with Gasteiger partial charge in [-0.2, -0.15) is 0 Å². The summed E-state index contributed by atoms with van der Waals surface area (Å²) in [6, 6.07) is 16.3. The number of hydrogen-bond acceptors (Lipinski definition) is 2. The van der Waals surface area contributed by atoms with E-state index < -0.39 is 5.41 Å². The van der Waals surface area contributed by atoms with Gasteiger partial charge in [0.15, 0.2) is 0 Å². The molecule has 0 unspecified atom stereocenters. The smallest absolute Gasteiger partial charge is 0.242 e. The Morgan fingerprint density at radius 1 is 0.815 bits per heavy atom. The molecule has 0 aromatic heterocycles. The van der Waals surface area contributed by atoms with E-state index in [0.29, 0.717) is 19.6 Å². The van der Waals surface area contributed by atoms with Crippen molar-refractivity contribution in [3.05, 3.63) is 65.2 Å². The van der Waals surface area contributed by atoms with Crippen molar-refractivity contribution in [2.75, 3.05) is 18.0 Å². The molecule has 0 saturated carbocycles. The maximum atomic E-state index is 13.4. The van der Waals surface area contributed by atoms with Crippen LogP contribution in [0.4, 0.5) is 5.69 Å². The van der Waals surface area contributed by atoms with E-state index in [0.717, 1.165) is 24.9 Å². The molecule has 2 aliphatic heterocycles. The molecule has 0 fully saturated rings. The largest absolute Gasteiger partial charge is 0.337 e. The van der Waals surface area contributed by atoms with Gasteiger partial charge in [0, 0.05) is 25.3 Å². The van der Waals surface area contributed by atoms with Gasteiger partial charge in [-0.15, -0.1) is 0 Å². The minimum atomic E-state index is -1.07. The highest BCUT2D eigenvalue weighted by Crippen LogP contribution is 2.33. The molecule has 0 spiro atoms. The van der Waals surface area contributed by atoms with Crippen molar-refractivity contribution < 1.29 is 9.59 Å². The summed E-state index contributed by atoms with van der Waals surface area (Å²) in [7, 11) is 0. The van der Waals surface area contributed by atoms with Crippen LogP contribution in [0, 0.1) is 5.41 Å². The molecule has 0 aliphatic carbocycles. The number of benzene rings is 2. The molecule has 0 bridgehead atoms. The van der Waals surface area contributed by atoms with Gasteiger partial charge in [-0.05, 0) is 55.9 Å². The van der Waals surface area contributed by atoms with E-state index in [1.54, 1.807) is 13.8 Å². The lowest BCUT2D eigenvalue weighted by molar-refractivity contribution is -0.148. The van der Waals surface area contributed by atoms with Crippen LogP contribution in [0.1, 0.15) is 37.0 Å². The zero-order chi connectivity index (χ0) is 19.0. The van der Waals surface area contributed by atoms with Gasteiger partial charge >= 0.3 is 0 Å². The summed E-state index contributed by atoms with van der Waals surface area (Å²) in [5, 5.41) is 0. The van der Waals surface area contributed by atoms with Crippen LogP contribution in [0.15, 0.2) is 48.5 Å². The number of carbonyl (C=O) groups excluding carboxylic acids is 2. The third-order valence-electron chi connectivity index (χ3n) is 5.84. The molecule has 4 rings (SSSR count). The fourth-order valence-electron chi connectivity index (χ4n) is 4.24. The maximum Gasteiger partial charge on any atom is 0.242 e. The molecule has 0 N–H and O–H groups in total. The van der Waals surface area contributed by atoms with Gasteiger partial charge in [0.25, 0.3) is 0 Å². The summed E-state index contributed by atoms with van der Waals surface area (Å²) in [5.74, 6) is -0.177. The van der Waals surface area contributed by atoms with Crippen LogP contribution in [0.5, 0.6) is 0 Å². The number of nitrogens with zero attached hydrogens (tertiary/aromatic N) is 2. The first-order valence-electron chi connectivity index (χ1n) is 9.74. The predicted molar refractivity (Wildman–Crippen MR) is 106 cm³/mol. The number of anilines is 1. The summed E-state index contributed by atoms with van der Waals surface area (Å²) in [6.45, 7) is 5.48. The SMILES string of the molecule is CC(C)(C(=O)N1CCc2ccccc2C1)C(=O)N1CCCc2ccccc21. The van der Waals surface area contributed by atoms with E-state index in [1.807, 2.05) is 40.1 Å². The number of carbonyl (C=O) groups is 2. The van der Waals surface area contributed by atoms with Gasteiger partial charge in [0.05, 0.1) is 0 Å². The Labute approximate surface area is 160 Å². The number of fused-ring (bicyclic) bond motifs is 2. The van der Waals surface area contributed by atoms with Crippen LogP contribution in [0.25, 0.3) is 0 Å². The first-order chi connectivity index (χ1) is 13.0. The van der Waals surface area contributed by atoms with Crippen molar-refractivity contribution in [2.24, 2.45) is 5.41 Å². The van der Waals surface area contributed by atoms with Crippen molar-refractivity contribution in [3.8, 4) is 0 Å². The number of aryl methyl sites for hydroxylation is 1. The minimum absolute atomic E-state index is 0.0787. The van der Waals surface area contributed by atoms with Gasteiger partial charge in [0.2, 0.25) is 11.8 Å². The maximum absolute atomic E-state index is 13.4. The molecule has 27 heavy (non-hydrogen) atoms. The molecular weight excluding hydrogens is 336 g/mol. The quantitative estimate of drug-likeness (QED) is 0.766. The van der Waals surface area contributed by atoms with Gasteiger partial charge in [-0.3, -0.25) is 9.59 Å². The van der Waals surface area contributed by atoms with Crippen molar-refractivity contribution in [1.82, 2.24) is 4.90 Å². The van der Waals surface area contributed by atoms with E-state index >= 15 is 0 Å². The summed E-state index contributed by atoms with van der Waals surface area (Å²) >= 11 is 0. The highest BCUT2D eigenvalue weighted by Gasteiger charge is 2.43. The second-order valence-electron chi connectivity index (χ2n) is 8.06. The topological polar surface area (TPSA) is 40.6 Å². The van der Waals surface area contributed by atoms with Gasteiger partial charge in [-0.25, -0.2) is 0 Å². The van der Waals surface area contributed by atoms with E-state index in [-0.39, 0.29) is 11.8 Å². The molecule has 2 aromatic carbocycles. The molecule has 0 radical (unpaired) electrons. The summed E-state index contributed by atoms with van der Waals surface area (Å²) in [5.41, 5.74) is 3.56. The zero-order valence-corrected chi connectivity index (χ0v) is 16.1. The van der Waals surface area contributed by atoms with E-state index in [9.17, 15) is 9.59 Å². The average Bonchev–Trinajstić information content (AvgIpc) is 2.71. The van der Waals surface area contributed by atoms with Crippen LogP contribution >= 0.6 is 0 Å². The lowest BCUT2D eigenvalue weighted by Gasteiger charge is -2.38. The molecule has 2 heterocycles. The lowest BCUT2D eigenvalue weighted by Crippen LogP contribution is -2.53. The molecular formula is C23H26N2O2. The molecule has 2 amide bonds. The lowest BCUT2D eigenvalue weighted by atomic mass is 9.86. The third-order valence-corrected chi connectivity index (χ3v) is 5.84. The van der Waals surface area contributed by atoms with Gasteiger partial charge < -0.3 is 9.80 Å². The minimum Gasteiger partial charge on any atom is -0.337 e. The average molecular weight is 362 g/mol. The van der Waals surface area contributed by atoms with E-state index in [4.69, 9.17) is 0 Å². The van der Waals surface area contributed by atoms with Crippen LogP contribution in [0.3, 0.4) is 0 Å². The molecule has 2 aliphatic rings. The molecule has 4 heteroatoms. The van der Waals surface area contributed by atoms with Crippen LogP contribution in [-0.4, -0.2) is 29.8 Å². The number of hydrogen-bond donors (Lipinski definition) is 0. The van der Waals surface area contributed by atoms with Crippen molar-refractivity contribution in [2.45, 2.75) is 39.7 Å². The molecule has 140 valence electrons. The molecule has 4 nitrogen and oxygen atoms in total. The Morgan fingerprint density at radius 2 is 1.48 bits per heavy atom. The first kappa shape index (κ1) is 17.8. The molecule has 0 saturated heterocycles. The van der Waals surface area contributed by atoms with Crippen molar-refractivity contribution in [3.63, 3.8) is 0 Å². The predicted octanol–water partition coefficient (Wildman–Crippen LogP) is 3.58. The van der Waals surface area contributed by atoms with E-state index in [2.05, 4.69) is 18.2 Å². The van der Waals surface area contributed by atoms with Crippen LogP contribution in [-0.2, 0) is 29.0 Å². The number of amides is 2. The summed E-state index contributed by atoms with van der Waals surface area (Å²) in [4.78, 5) is 30.4. The standard InChI is InChI=1S/C23H26N2O2/c1-23(2,21(26)24-15-13-17-8-3-4-10-19(17)16-24)22(27)25-14-7-11-18-9-5-6-12-20(18)25/h3-6,8-10,12H,7,11,13-16H2,1-2H3. The van der Waals surface area contributed by atoms with Crippen molar-refractivity contribution >= 4 is 17.5 Å². The summed E-state index contributed by atoms with van der Waals surface area (Å²) in [6.07, 6.45) is 2.76. The van der Waals surface area contributed by atoms with Gasteiger partial charge in [0.1, 0.15) is 5.41 Å². The monoisotopic (exact) mass is 362 g/mol. The third kappa shape index (κ3) is 3.14. The fourth-order valence-corrected chi connectivity index (χ4v) is 4.24. The Kier molecular flexibility index (Phi) is 4.50. The normalized spacial score (nSPS) is 16.5. The molecule has 2 aromatic rings. The van der Waals surface area contributed by atoms with Crippen LogP contribution in [0.2, 0.25) is 0 Å². The zero-order valence-electron chi connectivity index (χ0n) is 16.1. The number of para-hydroxylation sites is 1. The Morgan fingerprint density at radius 3 is 2.26 bits per heavy atom. The highest BCUT2D eigenvalue weighted by molar-refractivity contribution is 6.11. The van der Waals surface area contributed by atoms with Crippen LogP contribution < -0.4 is 4.90 Å². The Bertz CT molecular complexity index is 887. The Balaban J connectivity index is 1.56. The van der Waals surface area contributed by atoms with Crippen molar-refractivity contribution in [1.29, 1.82) is 0 Å². The van der Waals surface area contributed by atoms with Gasteiger partial charge in [-0.1, -0.05) is 42.5 Å². The summed E-state index contributed by atoms with van der Waals surface area (Å²) < 4.78 is 0. The highest BCUT2D eigenvalue weighted by atomic mass is 16.2. The van der Waals surface area contributed by atoms with E-state index in [1.165, 1.54) is 16.7 Å². The fraction of sp³-hybridized carbons (Fsp3) is 0.391. The second-order valence-corrected chi connectivity index (χ2v) is 8.06. The number of rotatable bonds is 2. The molecule has 0 atom stereocenters. The second kappa shape index (κ2) is 6.84.